The summed E-state index contributed by atoms with van der Waals surface area (Å²) >= 11 is 1.51. The van der Waals surface area contributed by atoms with Gasteiger partial charge in [-0.05, 0) is 25.3 Å². The Morgan fingerprint density at radius 3 is 2.86 bits per heavy atom. The molecule has 1 unspecified atom stereocenters. The highest BCUT2D eigenvalue weighted by Crippen LogP contribution is 2.29. The second-order valence-corrected chi connectivity index (χ2v) is 3.77. The van der Waals surface area contributed by atoms with Crippen molar-refractivity contribution in [3.05, 3.63) is 29.8 Å². The molecule has 1 rings (SSSR count). The standard InChI is InChI=1S/C10H10FNOS/c1-10(11,12-7-13)8-4-3-5-9(6-8)14-2/h3-6H,1-2H3. The zero-order valence-electron chi connectivity index (χ0n) is 7.95. The van der Waals surface area contributed by atoms with E-state index in [4.69, 9.17) is 0 Å². The number of halogens is 1. The fraction of sp³-hybridized carbons (Fsp3) is 0.300. The van der Waals surface area contributed by atoms with Crippen LogP contribution < -0.4 is 0 Å². The lowest BCUT2D eigenvalue weighted by Crippen LogP contribution is -2.11. The molecule has 0 aliphatic heterocycles. The van der Waals surface area contributed by atoms with Crippen LogP contribution in [0.2, 0.25) is 0 Å². The topological polar surface area (TPSA) is 29.4 Å². The summed E-state index contributed by atoms with van der Waals surface area (Å²) in [4.78, 5) is 14.1. The Morgan fingerprint density at radius 1 is 1.57 bits per heavy atom. The number of nitrogens with zero attached hydrogens (tertiary/aromatic N) is 1. The fourth-order valence-corrected chi connectivity index (χ4v) is 1.52. The second kappa shape index (κ2) is 4.40. The number of thioether (sulfide) groups is 1. The van der Waals surface area contributed by atoms with Crippen LogP contribution in [0.3, 0.4) is 0 Å². The van der Waals surface area contributed by atoms with Crippen LogP contribution in [0.5, 0.6) is 0 Å². The maximum atomic E-state index is 13.7. The number of isocyanates is 1. The van der Waals surface area contributed by atoms with Gasteiger partial charge in [-0.25, -0.2) is 9.18 Å². The molecule has 4 heteroatoms. The lowest BCUT2D eigenvalue weighted by molar-refractivity contribution is 0.205. The van der Waals surface area contributed by atoms with Crippen molar-refractivity contribution >= 4 is 17.8 Å². The second-order valence-electron chi connectivity index (χ2n) is 2.89. The SMILES string of the molecule is CSc1cccc(C(C)(F)N=C=O)c1. The minimum Gasteiger partial charge on any atom is -0.212 e. The van der Waals surface area contributed by atoms with Gasteiger partial charge < -0.3 is 0 Å². The Balaban J connectivity index is 3.11. The Morgan fingerprint density at radius 2 is 2.29 bits per heavy atom. The van der Waals surface area contributed by atoms with Crippen molar-refractivity contribution < 1.29 is 9.18 Å². The van der Waals surface area contributed by atoms with E-state index in [1.54, 1.807) is 18.2 Å². The van der Waals surface area contributed by atoms with Crippen LogP contribution in [0, 0.1) is 0 Å². The fourth-order valence-electron chi connectivity index (χ4n) is 1.06. The Labute approximate surface area is 86.2 Å². The van der Waals surface area contributed by atoms with E-state index in [0.717, 1.165) is 4.90 Å². The summed E-state index contributed by atoms with van der Waals surface area (Å²) in [7, 11) is 0. The smallest absolute Gasteiger partial charge is 0.212 e. The zero-order chi connectivity index (χ0) is 10.6. The number of benzene rings is 1. The molecule has 0 saturated carbocycles. The molecule has 0 N–H and O–H groups in total. The summed E-state index contributed by atoms with van der Waals surface area (Å²) in [5, 5.41) is 0. The number of alkyl halides is 1. The molecule has 0 aliphatic rings. The monoisotopic (exact) mass is 211 g/mol. The largest absolute Gasteiger partial charge is 0.238 e. The normalized spacial score (nSPS) is 14.2. The van der Waals surface area contributed by atoms with Crippen LogP contribution in [0.4, 0.5) is 4.39 Å². The first-order chi connectivity index (χ1) is 6.60. The quantitative estimate of drug-likeness (QED) is 0.333. The molecule has 0 spiro atoms. The average Bonchev–Trinajstić information content (AvgIpc) is 2.18. The molecule has 74 valence electrons. The van der Waals surface area contributed by atoms with Gasteiger partial charge in [-0.1, -0.05) is 12.1 Å². The Hall–Kier alpha value is -1.12. The molecule has 0 fully saturated rings. The maximum absolute atomic E-state index is 13.7. The molecule has 0 saturated heterocycles. The number of hydrogen-bond acceptors (Lipinski definition) is 3. The summed E-state index contributed by atoms with van der Waals surface area (Å²) in [6.45, 7) is 1.23. The molecule has 1 atom stereocenters. The predicted octanol–water partition coefficient (Wildman–Crippen LogP) is 2.89. The van der Waals surface area contributed by atoms with Crippen LogP contribution >= 0.6 is 11.8 Å². The minimum absolute atomic E-state index is 0.368. The molecule has 0 bridgehead atoms. The van der Waals surface area contributed by atoms with Crippen molar-refractivity contribution in [2.24, 2.45) is 4.99 Å². The van der Waals surface area contributed by atoms with E-state index in [1.807, 2.05) is 12.3 Å². The first-order valence-corrected chi connectivity index (χ1v) is 5.25. The van der Waals surface area contributed by atoms with Crippen molar-refractivity contribution in [2.45, 2.75) is 17.6 Å². The lowest BCUT2D eigenvalue weighted by atomic mass is 10.1. The molecule has 1 aromatic rings. The van der Waals surface area contributed by atoms with E-state index in [2.05, 4.69) is 4.99 Å². The van der Waals surface area contributed by atoms with Gasteiger partial charge in [-0.15, -0.1) is 11.8 Å². The van der Waals surface area contributed by atoms with Crippen molar-refractivity contribution in [1.82, 2.24) is 0 Å². The third-order valence-corrected chi connectivity index (χ3v) is 2.58. The van der Waals surface area contributed by atoms with Crippen LogP contribution in [0.25, 0.3) is 0 Å². The Bertz CT molecular complexity index is 372. The molecular formula is C10H10FNOS. The summed E-state index contributed by atoms with van der Waals surface area (Å²) in [5.41, 5.74) is 0.368. The first kappa shape index (κ1) is 11.0. The summed E-state index contributed by atoms with van der Waals surface area (Å²) in [6.07, 6.45) is 3.14. The third-order valence-electron chi connectivity index (χ3n) is 1.85. The highest BCUT2D eigenvalue weighted by atomic mass is 32.2. The molecule has 14 heavy (non-hydrogen) atoms. The molecule has 2 nitrogen and oxygen atoms in total. The third kappa shape index (κ3) is 2.44. The van der Waals surface area contributed by atoms with Gasteiger partial charge in [0.2, 0.25) is 11.9 Å². The van der Waals surface area contributed by atoms with E-state index in [1.165, 1.54) is 24.8 Å². The highest BCUT2D eigenvalue weighted by Gasteiger charge is 2.24. The highest BCUT2D eigenvalue weighted by molar-refractivity contribution is 7.98. The van der Waals surface area contributed by atoms with Crippen molar-refractivity contribution in [2.75, 3.05) is 6.26 Å². The van der Waals surface area contributed by atoms with Crippen LogP contribution in [0.1, 0.15) is 12.5 Å². The molecule has 0 aliphatic carbocycles. The molecule has 0 heterocycles. The van der Waals surface area contributed by atoms with E-state index in [-0.39, 0.29) is 0 Å². The Kier molecular flexibility index (Phi) is 3.44. The molecule has 0 amide bonds. The van der Waals surface area contributed by atoms with E-state index in [0.29, 0.717) is 5.56 Å². The number of carbonyl (C=O) groups excluding carboxylic acids is 1. The van der Waals surface area contributed by atoms with Crippen molar-refractivity contribution in [3.63, 3.8) is 0 Å². The summed E-state index contributed by atoms with van der Waals surface area (Å²) in [5.74, 6) is -1.98. The minimum atomic E-state index is -1.98. The molecular weight excluding hydrogens is 201 g/mol. The van der Waals surface area contributed by atoms with Gasteiger partial charge in [0.1, 0.15) is 0 Å². The zero-order valence-corrected chi connectivity index (χ0v) is 8.77. The van der Waals surface area contributed by atoms with Gasteiger partial charge in [0.05, 0.1) is 0 Å². The lowest BCUT2D eigenvalue weighted by Gasteiger charge is -2.13. The van der Waals surface area contributed by atoms with Gasteiger partial charge in [-0.2, -0.15) is 4.99 Å². The van der Waals surface area contributed by atoms with Gasteiger partial charge in [-0.3, -0.25) is 0 Å². The van der Waals surface area contributed by atoms with Crippen LogP contribution in [0.15, 0.2) is 34.2 Å². The van der Waals surface area contributed by atoms with Crippen molar-refractivity contribution in [1.29, 1.82) is 0 Å². The number of rotatable bonds is 3. The average molecular weight is 211 g/mol. The van der Waals surface area contributed by atoms with Crippen molar-refractivity contribution in [3.8, 4) is 0 Å². The molecule has 0 aromatic heterocycles. The number of hydrogen-bond donors (Lipinski definition) is 0. The van der Waals surface area contributed by atoms with Gasteiger partial charge in [0.25, 0.3) is 0 Å². The maximum Gasteiger partial charge on any atom is 0.238 e. The summed E-state index contributed by atoms with van der Waals surface area (Å²) in [6, 6.07) is 6.88. The van der Waals surface area contributed by atoms with Gasteiger partial charge >= 0.3 is 0 Å². The molecule has 1 aromatic carbocycles. The van der Waals surface area contributed by atoms with E-state index < -0.39 is 5.79 Å². The first-order valence-electron chi connectivity index (χ1n) is 4.02. The van der Waals surface area contributed by atoms with Gasteiger partial charge in [0, 0.05) is 10.5 Å². The van der Waals surface area contributed by atoms with Crippen LogP contribution in [-0.4, -0.2) is 12.3 Å². The van der Waals surface area contributed by atoms with E-state index >= 15 is 0 Å². The van der Waals surface area contributed by atoms with Crippen LogP contribution in [-0.2, 0) is 10.6 Å². The number of aliphatic imine (C=N–C) groups is 1. The van der Waals surface area contributed by atoms with E-state index in [9.17, 15) is 9.18 Å². The predicted molar refractivity (Wildman–Crippen MR) is 54.8 cm³/mol. The molecule has 0 radical (unpaired) electrons. The summed E-state index contributed by atoms with van der Waals surface area (Å²) < 4.78 is 13.7. The van der Waals surface area contributed by atoms with Gasteiger partial charge in [0.15, 0.2) is 0 Å².